The summed E-state index contributed by atoms with van der Waals surface area (Å²) in [7, 11) is 1.55. The van der Waals surface area contributed by atoms with Crippen molar-refractivity contribution in [2.24, 2.45) is 4.99 Å². The summed E-state index contributed by atoms with van der Waals surface area (Å²) < 4.78 is 24.4. The molecule has 1 heterocycles. The number of ether oxygens (including phenoxy) is 2. The molecule has 162 valence electrons. The summed E-state index contributed by atoms with van der Waals surface area (Å²) in [6, 6.07) is 18.6. The van der Waals surface area contributed by atoms with E-state index in [4.69, 9.17) is 21.1 Å². The number of halogens is 2. The van der Waals surface area contributed by atoms with Crippen molar-refractivity contribution in [3.63, 3.8) is 0 Å². The van der Waals surface area contributed by atoms with Crippen LogP contribution in [0, 0.1) is 5.82 Å². The Kier molecular flexibility index (Phi) is 6.78. The highest BCUT2D eigenvalue weighted by Crippen LogP contribution is 2.33. The Balaban J connectivity index is 1.49. The third-order valence-electron chi connectivity index (χ3n) is 4.53. The molecular weight excluding hydrogens is 451 g/mol. The maximum absolute atomic E-state index is 13.1. The summed E-state index contributed by atoms with van der Waals surface area (Å²) >= 11 is 7.39. The minimum atomic E-state index is -0.342. The number of amidine groups is 1. The zero-order valence-electron chi connectivity index (χ0n) is 17.0. The average molecular weight is 469 g/mol. The molecule has 1 aliphatic heterocycles. The first-order valence-corrected chi connectivity index (χ1v) is 10.8. The highest BCUT2D eigenvalue weighted by Gasteiger charge is 2.24. The van der Waals surface area contributed by atoms with Crippen molar-refractivity contribution in [3.05, 3.63) is 93.6 Å². The monoisotopic (exact) mass is 468 g/mol. The summed E-state index contributed by atoms with van der Waals surface area (Å²) in [4.78, 5) is 17.2. The van der Waals surface area contributed by atoms with E-state index in [0.29, 0.717) is 38.9 Å². The largest absolute Gasteiger partial charge is 0.493 e. The van der Waals surface area contributed by atoms with Crippen LogP contribution < -0.4 is 14.8 Å². The fourth-order valence-corrected chi connectivity index (χ4v) is 3.96. The third-order valence-corrected chi connectivity index (χ3v) is 5.81. The zero-order chi connectivity index (χ0) is 22.5. The molecule has 1 amide bonds. The predicted molar refractivity (Wildman–Crippen MR) is 126 cm³/mol. The SMILES string of the molecule is COc1cc(/C=C2/SC(=Nc3ccc(F)cc3)NC2=O)ccc1OCc1ccccc1Cl. The first-order chi connectivity index (χ1) is 15.5. The molecule has 1 N–H and O–H groups in total. The number of carbonyl (C=O) groups excluding carboxylic acids is 1. The molecule has 1 aliphatic rings. The van der Waals surface area contributed by atoms with Gasteiger partial charge in [-0.2, -0.15) is 0 Å². The maximum atomic E-state index is 13.1. The molecule has 3 aromatic rings. The Bertz CT molecular complexity index is 1210. The van der Waals surface area contributed by atoms with E-state index in [1.54, 1.807) is 37.5 Å². The highest BCUT2D eigenvalue weighted by atomic mass is 35.5. The van der Waals surface area contributed by atoms with Crippen LogP contribution in [0.15, 0.2) is 76.6 Å². The number of carbonyl (C=O) groups is 1. The molecule has 0 bridgehead atoms. The fraction of sp³-hybridized carbons (Fsp3) is 0.0833. The Hall–Kier alpha value is -3.29. The van der Waals surface area contributed by atoms with Crippen molar-refractivity contribution in [1.29, 1.82) is 0 Å². The number of thioether (sulfide) groups is 1. The lowest BCUT2D eigenvalue weighted by Gasteiger charge is -2.12. The molecule has 0 aliphatic carbocycles. The Morgan fingerprint density at radius 2 is 1.88 bits per heavy atom. The van der Waals surface area contributed by atoms with E-state index in [0.717, 1.165) is 11.1 Å². The van der Waals surface area contributed by atoms with Gasteiger partial charge in [-0.05, 0) is 65.9 Å². The molecule has 0 radical (unpaired) electrons. The number of benzene rings is 3. The summed E-state index contributed by atoms with van der Waals surface area (Å²) in [6.07, 6.45) is 1.74. The van der Waals surface area contributed by atoms with Gasteiger partial charge in [-0.25, -0.2) is 9.38 Å². The number of nitrogens with one attached hydrogen (secondary N) is 1. The number of rotatable bonds is 6. The Labute approximate surface area is 193 Å². The second-order valence-corrected chi connectivity index (χ2v) is 8.19. The molecule has 5 nitrogen and oxygen atoms in total. The van der Waals surface area contributed by atoms with Crippen LogP contribution in [0.4, 0.5) is 10.1 Å². The van der Waals surface area contributed by atoms with E-state index >= 15 is 0 Å². The van der Waals surface area contributed by atoms with Gasteiger partial charge in [0.05, 0.1) is 17.7 Å². The Morgan fingerprint density at radius 3 is 2.62 bits per heavy atom. The second-order valence-electron chi connectivity index (χ2n) is 6.75. The molecule has 32 heavy (non-hydrogen) atoms. The van der Waals surface area contributed by atoms with Gasteiger partial charge >= 0.3 is 0 Å². The van der Waals surface area contributed by atoms with E-state index in [9.17, 15) is 9.18 Å². The Morgan fingerprint density at radius 1 is 1.09 bits per heavy atom. The first kappa shape index (κ1) is 21.9. The van der Waals surface area contributed by atoms with E-state index in [-0.39, 0.29) is 11.7 Å². The number of methoxy groups -OCH3 is 1. The van der Waals surface area contributed by atoms with Crippen LogP contribution in [-0.2, 0) is 11.4 Å². The molecule has 4 rings (SSSR count). The highest BCUT2D eigenvalue weighted by molar-refractivity contribution is 8.18. The number of aliphatic imine (C=N–C) groups is 1. The topological polar surface area (TPSA) is 59.9 Å². The summed E-state index contributed by atoms with van der Waals surface area (Å²) in [5.41, 5.74) is 2.19. The average Bonchev–Trinajstić information content (AvgIpc) is 3.13. The maximum Gasteiger partial charge on any atom is 0.264 e. The van der Waals surface area contributed by atoms with Gasteiger partial charge in [0.15, 0.2) is 16.7 Å². The van der Waals surface area contributed by atoms with Gasteiger partial charge in [0.1, 0.15) is 12.4 Å². The summed E-state index contributed by atoms with van der Waals surface area (Å²) in [6.45, 7) is 0.304. The molecule has 8 heteroatoms. The number of nitrogens with zero attached hydrogens (tertiary/aromatic N) is 1. The minimum absolute atomic E-state index is 0.256. The zero-order valence-corrected chi connectivity index (χ0v) is 18.5. The van der Waals surface area contributed by atoms with Crippen molar-refractivity contribution in [2.45, 2.75) is 6.61 Å². The van der Waals surface area contributed by atoms with Gasteiger partial charge in [0, 0.05) is 10.6 Å². The lowest BCUT2D eigenvalue weighted by Crippen LogP contribution is -2.19. The quantitative estimate of drug-likeness (QED) is 0.453. The lowest BCUT2D eigenvalue weighted by molar-refractivity contribution is -0.115. The second kappa shape index (κ2) is 9.89. The lowest BCUT2D eigenvalue weighted by atomic mass is 10.2. The normalized spacial score (nSPS) is 15.8. The van der Waals surface area contributed by atoms with Crippen molar-refractivity contribution < 1.29 is 18.7 Å². The fourth-order valence-electron chi connectivity index (χ4n) is 2.93. The molecule has 3 aromatic carbocycles. The first-order valence-electron chi connectivity index (χ1n) is 9.61. The number of amides is 1. The van der Waals surface area contributed by atoms with Crippen molar-refractivity contribution >= 4 is 46.2 Å². The van der Waals surface area contributed by atoms with E-state index < -0.39 is 0 Å². The molecule has 0 unspecified atom stereocenters. The van der Waals surface area contributed by atoms with Gasteiger partial charge in [0.25, 0.3) is 5.91 Å². The van der Waals surface area contributed by atoms with Crippen LogP contribution in [0.2, 0.25) is 5.02 Å². The number of hydrogen-bond donors (Lipinski definition) is 1. The molecule has 0 atom stereocenters. The van der Waals surface area contributed by atoms with Gasteiger partial charge in [0.2, 0.25) is 0 Å². The predicted octanol–water partition coefficient (Wildman–Crippen LogP) is 5.96. The van der Waals surface area contributed by atoms with E-state index in [1.165, 1.54) is 23.9 Å². The van der Waals surface area contributed by atoms with Gasteiger partial charge in [-0.3, -0.25) is 4.79 Å². The van der Waals surface area contributed by atoms with Crippen molar-refractivity contribution in [3.8, 4) is 11.5 Å². The van der Waals surface area contributed by atoms with Crippen LogP contribution >= 0.6 is 23.4 Å². The minimum Gasteiger partial charge on any atom is -0.493 e. The summed E-state index contributed by atoms with van der Waals surface area (Å²) in [5, 5.41) is 3.78. The molecule has 0 saturated carbocycles. The van der Waals surface area contributed by atoms with Gasteiger partial charge in [-0.15, -0.1) is 0 Å². The molecule has 0 spiro atoms. The molecule has 0 aromatic heterocycles. The van der Waals surface area contributed by atoms with Crippen molar-refractivity contribution in [2.75, 3.05) is 7.11 Å². The molecule has 1 saturated heterocycles. The number of hydrogen-bond acceptors (Lipinski definition) is 5. The third kappa shape index (κ3) is 5.30. The van der Waals surface area contributed by atoms with Crippen LogP contribution in [0.5, 0.6) is 11.5 Å². The standard InChI is InChI=1S/C24H18ClFN2O3S/c1-30-21-12-15(6-11-20(21)31-14-16-4-2-3-5-19(16)25)13-22-23(29)28-24(32-22)27-18-9-7-17(26)8-10-18/h2-13H,14H2,1H3,(H,27,28,29)/b22-13+. The van der Waals surface area contributed by atoms with E-state index in [2.05, 4.69) is 10.3 Å². The van der Waals surface area contributed by atoms with Crippen LogP contribution in [0.25, 0.3) is 6.08 Å². The van der Waals surface area contributed by atoms with Crippen LogP contribution in [-0.4, -0.2) is 18.2 Å². The molecule has 1 fully saturated rings. The summed E-state index contributed by atoms with van der Waals surface area (Å²) in [5.74, 6) is 0.506. The van der Waals surface area contributed by atoms with Gasteiger partial charge < -0.3 is 14.8 Å². The molecular formula is C24H18ClFN2O3S. The van der Waals surface area contributed by atoms with E-state index in [1.807, 2.05) is 30.3 Å². The van der Waals surface area contributed by atoms with Crippen LogP contribution in [0.1, 0.15) is 11.1 Å². The van der Waals surface area contributed by atoms with Crippen molar-refractivity contribution in [1.82, 2.24) is 5.32 Å². The van der Waals surface area contributed by atoms with Crippen LogP contribution in [0.3, 0.4) is 0 Å². The smallest absolute Gasteiger partial charge is 0.264 e. The van der Waals surface area contributed by atoms with Gasteiger partial charge in [-0.1, -0.05) is 35.9 Å².